The summed E-state index contributed by atoms with van der Waals surface area (Å²) in [5.74, 6) is 0.373. The lowest BCUT2D eigenvalue weighted by molar-refractivity contribution is -0.138. The Hall–Kier alpha value is -1.54. The molecule has 1 N–H and O–H groups in total. The number of nitrogens with one attached hydrogen (secondary N) is 1. The van der Waals surface area contributed by atoms with Crippen molar-refractivity contribution in [2.45, 2.75) is 36.7 Å². The quantitative estimate of drug-likeness (QED) is 0.912. The smallest absolute Gasteiger partial charge is 0.416 e. The SMILES string of the molecule is CCNCc1ccc(Sc2nnc(C)o2)cc1C(F)(F)F. The molecule has 2 aromatic rings. The van der Waals surface area contributed by atoms with Crippen LogP contribution in [-0.2, 0) is 12.7 Å². The Balaban J connectivity index is 2.28. The van der Waals surface area contributed by atoms with Crippen LogP contribution in [0.3, 0.4) is 0 Å². The second kappa shape index (κ2) is 6.48. The van der Waals surface area contributed by atoms with Gasteiger partial charge >= 0.3 is 6.18 Å². The number of aryl methyl sites for hydroxylation is 1. The van der Waals surface area contributed by atoms with E-state index in [1.807, 2.05) is 6.92 Å². The highest BCUT2D eigenvalue weighted by Gasteiger charge is 2.33. The number of hydrogen-bond donors (Lipinski definition) is 1. The van der Waals surface area contributed by atoms with Gasteiger partial charge in [0.15, 0.2) is 0 Å². The Morgan fingerprint density at radius 1 is 1.29 bits per heavy atom. The van der Waals surface area contributed by atoms with Crippen LogP contribution in [0.15, 0.2) is 32.7 Å². The van der Waals surface area contributed by atoms with Gasteiger partial charge in [-0.05, 0) is 36.0 Å². The van der Waals surface area contributed by atoms with E-state index in [2.05, 4.69) is 15.5 Å². The molecule has 1 aromatic carbocycles. The summed E-state index contributed by atoms with van der Waals surface area (Å²) < 4.78 is 44.5. The molecule has 0 amide bonds. The zero-order valence-electron chi connectivity index (χ0n) is 11.5. The molecule has 0 unspecified atom stereocenters. The summed E-state index contributed by atoms with van der Waals surface area (Å²) in [6.45, 7) is 4.25. The molecular formula is C13H14F3N3OS. The van der Waals surface area contributed by atoms with E-state index in [9.17, 15) is 13.2 Å². The van der Waals surface area contributed by atoms with Crippen molar-refractivity contribution in [3.63, 3.8) is 0 Å². The van der Waals surface area contributed by atoms with Gasteiger partial charge in [-0.15, -0.1) is 10.2 Å². The first kappa shape index (κ1) is 15.8. The topological polar surface area (TPSA) is 51.0 Å². The van der Waals surface area contributed by atoms with Gasteiger partial charge in [0.05, 0.1) is 5.56 Å². The van der Waals surface area contributed by atoms with Gasteiger partial charge in [0.2, 0.25) is 5.89 Å². The number of nitrogens with zero attached hydrogens (tertiary/aromatic N) is 2. The molecule has 0 aliphatic heterocycles. The number of aromatic nitrogens is 2. The molecule has 0 saturated carbocycles. The molecule has 0 aliphatic carbocycles. The highest BCUT2D eigenvalue weighted by molar-refractivity contribution is 7.99. The summed E-state index contributed by atoms with van der Waals surface area (Å²) in [6, 6.07) is 4.19. The van der Waals surface area contributed by atoms with E-state index in [1.54, 1.807) is 13.0 Å². The Labute approximate surface area is 124 Å². The van der Waals surface area contributed by atoms with Crippen molar-refractivity contribution < 1.29 is 17.6 Å². The van der Waals surface area contributed by atoms with Gasteiger partial charge in [-0.3, -0.25) is 0 Å². The Kier molecular flexibility index (Phi) is 4.89. The molecule has 4 nitrogen and oxygen atoms in total. The third-order valence-electron chi connectivity index (χ3n) is 2.66. The summed E-state index contributed by atoms with van der Waals surface area (Å²) in [7, 11) is 0. The zero-order chi connectivity index (χ0) is 15.5. The van der Waals surface area contributed by atoms with E-state index in [0.29, 0.717) is 17.3 Å². The van der Waals surface area contributed by atoms with Crippen LogP contribution in [-0.4, -0.2) is 16.7 Å². The summed E-state index contributed by atoms with van der Waals surface area (Å²) in [5.41, 5.74) is -0.430. The first-order valence-corrected chi connectivity index (χ1v) is 7.10. The van der Waals surface area contributed by atoms with Crippen molar-refractivity contribution >= 4 is 11.8 Å². The fraction of sp³-hybridized carbons (Fsp3) is 0.385. The molecule has 0 aliphatic rings. The lowest BCUT2D eigenvalue weighted by atomic mass is 10.1. The van der Waals surface area contributed by atoms with Crippen LogP contribution in [0.4, 0.5) is 13.2 Å². The fourth-order valence-corrected chi connectivity index (χ4v) is 2.48. The Morgan fingerprint density at radius 2 is 2.05 bits per heavy atom. The Bertz CT molecular complexity index is 613. The van der Waals surface area contributed by atoms with Crippen LogP contribution in [0, 0.1) is 6.92 Å². The van der Waals surface area contributed by atoms with Gasteiger partial charge in [0.1, 0.15) is 0 Å². The van der Waals surface area contributed by atoms with E-state index >= 15 is 0 Å². The van der Waals surface area contributed by atoms with Crippen molar-refractivity contribution in [3.8, 4) is 0 Å². The minimum atomic E-state index is -4.40. The van der Waals surface area contributed by atoms with Gasteiger partial charge in [0.25, 0.3) is 5.22 Å². The summed E-state index contributed by atoms with van der Waals surface area (Å²) >= 11 is 1.01. The average Bonchev–Trinajstić information content (AvgIpc) is 2.81. The van der Waals surface area contributed by atoms with Crippen LogP contribution < -0.4 is 5.32 Å². The van der Waals surface area contributed by atoms with E-state index in [0.717, 1.165) is 17.8 Å². The average molecular weight is 317 g/mol. The van der Waals surface area contributed by atoms with Gasteiger partial charge in [-0.2, -0.15) is 13.2 Å². The monoisotopic (exact) mass is 317 g/mol. The van der Waals surface area contributed by atoms with Crippen molar-refractivity contribution in [1.82, 2.24) is 15.5 Å². The maximum absolute atomic E-state index is 13.1. The van der Waals surface area contributed by atoms with Gasteiger partial charge < -0.3 is 9.73 Å². The minimum absolute atomic E-state index is 0.177. The van der Waals surface area contributed by atoms with Crippen molar-refractivity contribution in [2.75, 3.05) is 6.54 Å². The van der Waals surface area contributed by atoms with Crippen molar-refractivity contribution in [2.24, 2.45) is 0 Å². The molecule has 8 heteroatoms. The molecule has 0 atom stereocenters. The first-order valence-electron chi connectivity index (χ1n) is 6.29. The highest BCUT2D eigenvalue weighted by Crippen LogP contribution is 2.36. The van der Waals surface area contributed by atoms with E-state index < -0.39 is 11.7 Å². The second-order valence-corrected chi connectivity index (χ2v) is 5.31. The largest absolute Gasteiger partial charge is 0.416 e. The fourth-order valence-electron chi connectivity index (χ4n) is 1.72. The summed E-state index contributed by atoms with van der Waals surface area (Å²) in [6.07, 6.45) is -4.40. The van der Waals surface area contributed by atoms with Gasteiger partial charge in [-0.25, -0.2) is 0 Å². The molecule has 2 rings (SSSR count). The van der Waals surface area contributed by atoms with E-state index in [4.69, 9.17) is 4.42 Å². The maximum atomic E-state index is 13.1. The lowest BCUT2D eigenvalue weighted by Crippen LogP contribution is -2.17. The molecule has 1 heterocycles. The maximum Gasteiger partial charge on any atom is 0.416 e. The number of benzene rings is 1. The number of rotatable bonds is 5. The third-order valence-corrected chi connectivity index (χ3v) is 3.49. The molecule has 0 radical (unpaired) electrons. The minimum Gasteiger partial charge on any atom is -0.416 e. The molecule has 0 fully saturated rings. The number of hydrogen-bond acceptors (Lipinski definition) is 5. The molecule has 114 valence electrons. The summed E-state index contributed by atoms with van der Waals surface area (Å²) in [4.78, 5) is 0.409. The van der Waals surface area contributed by atoms with Crippen LogP contribution >= 0.6 is 11.8 Å². The standard InChI is InChI=1S/C13H14F3N3OS/c1-3-17-7-9-4-5-10(6-11(9)13(14,15)16)21-12-19-18-8(2)20-12/h4-6,17H,3,7H2,1-2H3. The normalized spacial score (nSPS) is 11.9. The molecule has 0 spiro atoms. The predicted molar refractivity (Wildman–Crippen MR) is 72.0 cm³/mol. The predicted octanol–water partition coefficient (Wildman–Crippen LogP) is 3.66. The molecule has 0 saturated heterocycles. The first-order chi connectivity index (χ1) is 9.90. The van der Waals surface area contributed by atoms with Crippen LogP contribution in [0.2, 0.25) is 0 Å². The van der Waals surface area contributed by atoms with Crippen molar-refractivity contribution in [1.29, 1.82) is 0 Å². The van der Waals surface area contributed by atoms with Crippen LogP contribution in [0.1, 0.15) is 23.9 Å². The molecular weight excluding hydrogens is 303 g/mol. The molecule has 1 aromatic heterocycles. The molecule has 0 bridgehead atoms. The van der Waals surface area contributed by atoms with Gasteiger partial charge in [-0.1, -0.05) is 13.0 Å². The summed E-state index contributed by atoms with van der Waals surface area (Å²) in [5, 5.41) is 10.5. The lowest BCUT2D eigenvalue weighted by Gasteiger charge is -2.14. The second-order valence-electron chi connectivity index (χ2n) is 4.29. The highest BCUT2D eigenvalue weighted by atomic mass is 32.2. The zero-order valence-corrected chi connectivity index (χ0v) is 12.3. The van der Waals surface area contributed by atoms with Crippen LogP contribution in [0.5, 0.6) is 0 Å². The third kappa shape index (κ3) is 4.21. The van der Waals surface area contributed by atoms with Gasteiger partial charge in [0, 0.05) is 18.4 Å². The van der Waals surface area contributed by atoms with Crippen molar-refractivity contribution in [3.05, 3.63) is 35.2 Å². The number of halogens is 3. The Morgan fingerprint density at radius 3 is 2.62 bits per heavy atom. The van der Waals surface area contributed by atoms with Crippen LogP contribution in [0.25, 0.3) is 0 Å². The van der Waals surface area contributed by atoms with E-state index in [-0.39, 0.29) is 17.3 Å². The number of alkyl halides is 3. The van der Waals surface area contributed by atoms with E-state index in [1.165, 1.54) is 6.07 Å². The molecule has 21 heavy (non-hydrogen) atoms.